The van der Waals surface area contributed by atoms with Crippen molar-refractivity contribution >= 4 is 0 Å². The van der Waals surface area contributed by atoms with Crippen LogP contribution in [-0.2, 0) is 20.4 Å². The third-order valence-electron chi connectivity index (χ3n) is 4.09. The van der Waals surface area contributed by atoms with E-state index in [2.05, 4.69) is 22.3 Å². The molecule has 3 heterocycles. The molecule has 142 valence electrons. The molecular formula is C17H19F3N2O4. The molecule has 1 aromatic rings. The zero-order valence-electron chi connectivity index (χ0n) is 14.5. The molecule has 6 nitrogen and oxygen atoms in total. The quantitative estimate of drug-likeness (QED) is 0.761. The lowest BCUT2D eigenvalue weighted by molar-refractivity contribution is -0.159. The van der Waals surface area contributed by atoms with Crippen molar-refractivity contribution in [2.75, 3.05) is 0 Å². The van der Waals surface area contributed by atoms with Crippen LogP contribution < -0.4 is 4.74 Å². The van der Waals surface area contributed by atoms with Gasteiger partial charge in [-0.1, -0.05) is 6.58 Å². The van der Waals surface area contributed by atoms with Crippen LogP contribution in [0.5, 0.6) is 5.88 Å². The van der Waals surface area contributed by atoms with Gasteiger partial charge in [-0.05, 0) is 26.8 Å². The van der Waals surface area contributed by atoms with Crippen molar-refractivity contribution in [1.82, 2.24) is 9.97 Å². The standard InChI is InChI=1S/C17H19F3N2O4/c1-5-6-10-14(15-13(9(2)23-10)25-16(3,4)26-15)24-12-8-21-7-11(22-12)17(18,19)20/h6-10,13-15H,1H2,2-4H3/t9-,10-,13+,14+,15+/m1/s1. The molecule has 0 amide bonds. The first-order valence-corrected chi connectivity index (χ1v) is 8.04. The minimum atomic E-state index is -4.62. The first-order chi connectivity index (χ1) is 12.1. The minimum absolute atomic E-state index is 0.280. The summed E-state index contributed by atoms with van der Waals surface area (Å²) in [5.74, 6) is -1.15. The van der Waals surface area contributed by atoms with Crippen LogP contribution in [-0.4, -0.2) is 46.3 Å². The SMILES string of the molecule is C=C=C[C@H]1O[C@H](C)[C@@H]2OC(C)(C)O[C@@H]2[C@H]1Oc1cncc(C(F)(F)F)n1. The predicted octanol–water partition coefficient (Wildman–Crippen LogP) is 2.89. The summed E-state index contributed by atoms with van der Waals surface area (Å²) in [4.78, 5) is 7.05. The number of nitrogens with zero attached hydrogens (tertiary/aromatic N) is 2. The molecule has 2 aliphatic heterocycles. The zero-order valence-corrected chi connectivity index (χ0v) is 14.5. The Kier molecular flexibility index (Phi) is 4.83. The maximum atomic E-state index is 12.9. The van der Waals surface area contributed by atoms with E-state index in [0.717, 1.165) is 6.20 Å². The minimum Gasteiger partial charge on any atom is -0.467 e. The largest absolute Gasteiger partial charge is 0.467 e. The number of hydrogen-bond acceptors (Lipinski definition) is 6. The van der Waals surface area contributed by atoms with Gasteiger partial charge in [0.05, 0.1) is 18.5 Å². The second-order valence-electron chi connectivity index (χ2n) is 6.56. The highest BCUT2D eigenvalue weighted by Gasteiger charge is 2.54. The Morgan fingerprint density at radius 3 is 2.62 bits per heavy atom. The summed E-state index contributed by atoms with van der Waals surface area (Å²) in [5, 5.41) is 0. The predicted molar refractivity (Wildman–Crippen MR) is 83.3 cm³/mol. The first-order valence-electron chi connectivity index (χ1n) is 8.04. The highest BCUT2D eigenvalue weighted by Crippen LogP contribution is 2.39. The molecule has 0 spiro atoms. The first kappa shape index (κ1) is 18.8. The molecule has 0 aliphatic carbocycles. The van der Waals surface area contributed by atoms with Gasteiger partial charge in [0.2, 0.25) is 5.88 Å². The van der Waals surface area contributed by atoms with Crippen LogP contribution in [0, 0.1) is 0 Å². The van der Waals surface area contributed by atoms with Crippen molar-refractivity contribution < 1.29 is 32.1 Å². The lowest BCUT2D eigenvalue weighted by Crippen LogP contribution is -2.57. The summed E-state index contributed by atoms with van der Waals surface area (Å²) in [6.07, 6.45) is -4.11. The molecule has 2 aliphatic rings. The third kappa shape index (κ3) is 3.76. The van der Waals surface area contributed by atoms with E-state index in [9.17, 15) is 13.2 Å². The van der Waals surface area contributed by atoms with Gasteiger partial charge in [-0.3, -0.25) is 4.98 Å². The Bertz CT molecular complexity index is 718. The van der Waals surface area contributed by atoms with E-state index in [-0.39, 0.29) is 12.0 Å². The molecule has 5 atom stereocenters. The topological polar surface area (TPSA) is 62.7 Å². The van der Waals surface area contributed by atoms with Crippen molar-refractivity contribution in [1.29, 1.82) is 0 Å². The van der Waals surface area contributed by atoms with Crippen molar-refractivity contribution in [2.24, 2.45) is 0 Å². The van der Waals surface area contributed by atoms with Gasteiger partial charge in [-0.15, -0.1) is 5.73 Å². The fourth-order valence-electron chi connectivity index (χ4n) is 3.09. The molecule has 1 aromatic heterocycles. The number of alkyl halides is 3. The average molecular weight is 372 g/mol. The molecular weight excluding hydrogens is 353 g/mol. The summed E-state index contributed by atoms with van der Waals surface area (Å²) < 4.78 is 61.9. The van der Waals surface area contributed by atoms with Gasteiger partial charge in [-0.25, -0.2) is 4.98 Å². The molecule has 0 radical (unpaired) electrons. The van der Waals surface area contributed by atoms with Gasteiger partial charge < -0.3 is 18.9 Å². The van der Waals surface area contributed by atoms with Gasteiger partial charge >= 0.3 is 6.18 Å². The molecule has 0 unspecified atom stereocenters. The van der Waals surface area contributed by atoms with Crippen LogP contribution in [0.1, 0.15) is 26.5 Å². The van der Waals surface area contributed by atoms with Gasteiger partial charge in [-0.2, -0.15) is 13.2 Å². The number of aromatic nitrogens is 2. The maximum Gasteiger partial charge on any atom is 0.435 e. The number of halogens is 3. The van der Waals surface area contributed by atoms with Crippen LogP contribution in [0.3, 0.4) is 0 Å². The number of hydrogen-bond donors (Lipinski definition) is 0. The van der Waals surface area contributed by atoms with Crippen molar-refractivity contribution in [3.05, 3.63) is 36.5 Å². The number of fused-ring (bicyclic) bond motifs is 1. The van der Waals surface area contributed by atoms with E-state index >= 15 is 0 Å². The second kappa shape index (κ2) is 6.66. The van der Waals surface area contributed by atoms with E-state index in [0.29, 0.717) is 6.20 Å². The van der Waals surface area contributed by atoms with Crippen molar-refractivity contribution in [3.8, 4) is 5.88 Å². The third-order valence-corrected chi connectivity index (χ3v) is 4.09. The summed E-state index contributed by atoms with van der Waals surface area (Å²) in [7, 11) is 0. The Morgan fingerprint density at radius 1 is 1.27 bits per heavy atom. The lowest BCUT2D eigenvalue weighted by Gasteiger charge is -2.39. The molecule has 26 heavy (non-hydrogen) atoms. The highest BCUT2D eigenvalue weighted by molar-refractivity contribution is 5.14. The summed E-state index contributed by atoms with van der Waals surface area (Å²) >= 11 is 0. The fraction of sp³-hybridized carbons (Fsp3) is 0.588. The Hall–Kier alpha value is -1.93. The molecule has 0 saturated carbocycles. The number of ether oxygens (including phenoxy) is 4. The van der Waals surface area contributed by atoms with Crippen LogP contribution in [0.4, 0.5) is 13.2 Å². The fourth-order valence-corrected chi connectivity index (χ4v) is 3.09. The van der Waals surface area contributed by atoms with Gasteiger partial charge in [0, 0.05) is 0 Å². The molecule has 0 aromatic carbocycles. The summed E-state index contributed by atoms with van der Waals surface area (Å²) in [6.45, 7) is 8.84. The molecule has 3 rings (SSSR count). The van der Waals surface area contributed by atoms with Gasteiger partial charge in [0.25, 0.3) is 0 Å². The Labute approximate surface area is 148 Å². The van der Waals surface area contributed by atoms with Crippen LogP contribution in [0.25, 0.3) is 0 Å². The van der Waals surface area contributed by atoms with E-state index in [1.54, 1.807) is 13.8 Å². The van der Waals surface area contributed by atoms with Crippen molar-refractivity contribution in [3.63, 3.8) is 0 Å². The van der Waals surface area contributed by atoms with Gasteiger partial charge in [0.15, 0.2) is 17.6 Å². The summed E-state index contributed by atoms with van der Waals surface area (Å²) in [6, 6.07) is 0. The molecule has 2 fully saturated rings. The second-order valence-corrected chi connectivity index (χ2v) is 6.56. The maximum absolute atomic E-state index is 12.9. The zero-order chi connectivity index (χ0) is 19.1. The Balaban J connectivity index is 1.91. The van der Waals surface area contributed by atoms with Crippen molar-refractivity contribution in [2.45, 2.75) is 63.3 Å². The van der Waals surface area contributed by atoms with Crippen LogP contribution >= 0.6 is 0 Å². The van der Waals surface area contributed by atoms with E-state index < -0.39 is 42.1 Å². The molecule has 0 bridgehead atoms. The van der Waals surface area contributed by atoms with Gasteiger partial charge in [0.1, 0.15) is 18.3 Å². The van der Waals surface area contributed by atoms with Crippen LogP contribution in [0.2, 0.25) is 0 Å². The normalized spacial score (nSPS) is 33.2. The molecule has 0 N–H and O–H groups in total. The lowest BCUT2D eigenvalue weighted by atomic mass is 9.95. The summed E-state index contributed by atoms with van der Waals surface area (Å²) in [5.41, 5.74) is 1.48. The average Bonchev–Trinajstić information content (AvgIpc) is 2.87. The van der Waals surface area contributed by atoms with E-state index in [1.807, 2.05) is 6.92 Å². The molecule has 2 saturated heterocycles. The number of rotatable bonds is 3. The highest BCUT2D eigenvalue weighted by atomic mass is 19.4. The van der Waals surface area contributed by atoms with E-state index in [4.69, 9.17) is 18.9 Å². The monoisotopic (exact) mass is 372 g/mol. The Morgan fingerprint density at radius 2 is 1.96 bits per heavy atom. The smallest absolute Gasteiger partial charge is 0.435 e. The molecule has 9 heteroatoms. The van der Waals surface area contributed by atoms with E-state index in [1.165, 1.54) is 6.08 Å². The van der Waals surface area contributed by atoms with Crippen LogP contribution in [0.15, 0.2) is 30.8 Å².